The van der Waals surface area contributed by atoms with Crippen LogP contribution in [0.15, 0.2) is 12.2 Å². The SMILES string of the molecule is C=C(C(=O)OC1(C)CC2CCC1(C)C2(C)C)C(F)(F)F. The van der Waals surface area contributed by atoms with Crippen molar-refractivity contribution >= 4 is 5.97 Å². The average molecular weight is 290 g/mol. The predicted molar refractivity (Wildman–Crippen MR) is 68.9 cm³/mol. The van der Waals surface area contributed by atoms with Gasteiger partial charge in [-0.25, -0.2) is 4.79 Å². The molecule has 2 bridgehead atoms. The normalized spacial score (nSPS) is 38.9. The van der Waals surface area contributed by atoms with Crippen LogP contribution in [0.1, 0.15) is 47.0 Å². The summed E-state index contributed by atoms with van der Waals surface area (Å²) < 4.78 is 42.9. The van der Waals surface area contributed by atoms with E-state index in [0.29, 0.717) is 12.3 Å². The minimum Gasteiger partial charge on any atom is -0.455 e. The smallest absolute Gasteiger partial charge is 0.422 e. The fourth-order valence-electron chi connectivity index (χ4n) is 4.13. The van der Waals surface area contributed by atoms with Crippen LogP contribution >= 0.6 is 0 Å². The van der Waals surface area contributed by atoms with Gasteiger partial charge in [0.05, 0.1) is 0 Å². The molecule has 114 valence electrons. The largest absolute Gasteiger partial charge is 0.455 e. The van der Waals surface area contributed by atoms with E-state index in [2.05, 4.69) is 20.4 Å². The highest BCUT2D eigenvalue weighted by atomic mass is 19.4. The third kappa shape index (κ3) is 1.81. The van der Waals surface area contributed by atoms with Gasteiger partial charge in [0.25, 0.3) is 0 Å². The summed E-state index contributed by atoms with van der Waals surface area (Å²) in [6.07, 6.45) is -2.21. The van der Waals surface area contributed by atoms with Gasteiger partial charge in [-0.1, -0.05) is 27.4 Å². The first-order valence-electron chi connectivity index (χ1n) is 6.85. The summed E-state index contributed by atoms with van der Waals surface area (Å²) in [7, 11) is 0. The van der Waals surface area contributed by atoms with Gasteiger partial charge in [-0.3, -0.25) is 0 Å². The standard InChI is InChI=1S/C15H21F3O2/c1-9(15(16,17)18)11(19)20-14(5)8-10-6-7-13(14,4)12(10,2)3/h10H,1,6-8H2,2-5H3. The van der Waals surface area contributed by atoms with Crippen molar-refractivity contribution in [3.8, 4) is 0 Å². The summed E-state index contributed by atoms with van der Waals surface area (Å²) in [6, 6.07) is 0. The Morgan fingerprint density at radius 3 is 2.15 bits per heavy atom. The molecule has 0 aliphatic heterocycles. The van der Waals surface area contributed by atoms with E-state index < -0.39 is 23.3 Å². The second kappa shape index (κ2) is 4.01. The second-order valence-electron chi connectivity index (χ2n) is 7.09. The third-order valence-corrected chi connectivity index (χ3v) is 6.15. The summed E-state index contributed by atoms with van der Waals surface area (Å²) in [5.74, 6) is -0.964. The van der Waals surface area contributed by atoms with Gasteiger partial charge in [-0.15, -0.1) is 0 Å². The van der Waals surface area contributed by atoms with Gasteiger partial charge in [0, 0.05) is 5.41 Å². The van der Waals surface area contributed by atoms with E-state index in [9.17, 15) is 18.0 Å². The van der Waals surface area contributed by atoms with Crippen molar-refractivity contribution in [3.05, 3.63) is 12.2 Å². The molecule has 0 spiro atoms. The number of hydrogen-bond acceptors (Lipinski definition) is 2. The van der Waals surface area contributed by atoms with Crippen LogP contribution in [-0.4, -0.2) is 17.7 Å². The van der Waals surface area contributed by atoms with Crippen molar-refractivity contribution in [3.63, 3.8) is 0 Å². The Bertz CT molecular complexity index is 466. The van der Waals surface area contributed by atoms with Crippen molar-refractivity contribution in [2.75, 3.05) is 0 Å². The maximum Gasteiger partial charge on any atom is 0.422 e. The molecule has 2 aliphatic carbocycles. The highest BCUT2D eigenvalue weighted by Gasteiger charge is 2.69. The van der Waals surface area contributed by atoms with E-state index in [1.54, 1.807) is 6.92 Å². The Morgan fingerprint density at radius 1 is 1.25 bits per heavy atom. The molecule has 2 aliphatic rings. The average Bonchev–Trinajstić information content (AvgIpc) is 2.58. The van der Waals surface area contributed by atoms with Crippen LogP contribution in [0, 0.1) is 16.7 Å². The molecule has 2 saturated carbocycles. The molecule has 0 N–H and O–H groups in total. The molecule has 0 aromatic carbocycles. The molecule has 3 atom stereocenters. The molecule has 2 rings (SSSR count). The maximum absolute atomic E-state index is 12.5. The number of carbonyl (C=O) groups is 1. The highest BCUT2D eigenvalue weighted by molar-refractivity contribution is 5.89. The zero-order chi connectivity index (χ0) is 15.6. The van der Waals surface area contributed by atoms with Gasteiger partial charge in [0.1, 0.15) is 11.2 Å². The lowest BCUT2D eigenvalue weighted by molar-refractivity contribution is -0.178. The van der Waals surface area contributed by atoms with Crippen molar-refractivity contribution < 1.29 is 22.7 Å². The molecule has 2 fully saturated rings. The molecule has 0 aromatic heterocycles. The molecular weight excluding hydrogens is 269 g/mol. The lowest BCUT2D eigenvalue weighted by Gasteiger charge is -2.45. The van der Waals surface area contributed by atoms with E-state index in [1.807, 2.05) is 6.92 Å². The lowest BCUT2D eigenvalue weighted by Crippen LogP contribution is -2.48. The Hall–Kier alpha value is -1.00. The monoisotopic (exact) mass is 290 g/mol. The predicted octanol–water partition coefficient (Wildman–Crippen LogP) is 4.25. The first-order chi connectivity index (χ1) is 8.85. The van der Waals surface area contributed by atoms with Gasteiger partial charge in [-0.05, 0) is 37.5 Å². The molecule has 3 unspecified atom stereocenters. The number of carbonyl (C=O) groups excluding carboxylic acids is 1. The van der Waals surface area contributed by atoms with Crippen LogP contribution in [0.3, 0.4) is 0 Å². The van der Waals surface area contributed by atoms with Crippen LogP contribution < -0.4 is 0 Å². The quantitative estimate of drug-likeness (QED) is 0.561. The first kappa shape index (κ1) is 15.4. The van der Waals surface area contributed by atoms with Crippen molar-refractivity contribution in [2.24, 2.45) is 16.7 Å². The number of alkyl halides is 3. The van der Waals surface area contributed by atoms with Crippen molar-refractivity contribution in [1.29, 1.82) is 0 Å². The van der Waals surface area contributed by atoms with Gasteiger partial charge in [-0.2, -0.15) is 13.2 Å². The van der Waals surface area contributed by atoms with E-state index in [-0.39, 0.29) is 10.8 Å². The van der Waals surface area contributed by atoms with Crippen LogP contribution in [0.2, 0.25) is 0 Å². The Kier molecular flexibility index (Phi) is 3.09. The number of halogens is 3. The van der Waals surface area contributed by atoms with E-state index >= 15 is 0 Å². The van der Waals surface area contributed by atoms with Crippen molar-refractivity contribution in [2.45, 2.75) is 58.7 Å². The van der Waals surface area contributed by atoms with E-state index in [4.69, 9.17) is 4.74 Å². The van der Waals surface area contributed by atoms with Crippen LogP contribution in [-0.2, 0) is 9.53 Å². The Labute approximate surface area is 117 Å². The minimum atomic E-state index is -4.73. The molecule has 0 heterocycles. The Morgan fingerprint density at radius 2 is 1.80 bits per heavy atom. The van der Waals surface area contributed by atoms with Crippen LogP contribution in [0.5, 0.6) is 0 Å². The van der Waals surface area contributed by atoms with Crippen LogP contribution in [0.4, 0.5) is 13.2 Å². The van der Waals surface area contributed by atoms with E-state index in [1.165, 1.54) is 0 Å². The Balaban J connectivity index is 2.23. The lowest BCUT2D eigenvalue weighted by atomic mass is 9.65. The van der Waals surface area contributed by atoms with Gasteiger partial charge in [0.2, 0.25) is 0 Å². The maximum atomic E-state index is 12.5. The summed E-state index contributed by atoms with van der Waals surface area (Å²) in [6.45, 7) is 10.8. The van der Waals surface area contributed by atoms with Gasteiger partial charge >= 0.3 is 12.1 Å². The molecule has 2 nitrogen and oxygen atoms in total. The molecule has 0 amide bonds. The van der Waals surface area contributed by atoms with Gasteiger partial charge < -0.3 is 4.74 Å². The first-order valence-corrected chi connectivity index (χ1v) is 6.85. The zero-order valence-electron chi connectivity index (χ0n) is 12.4. The summed E-state index contributed by atoms with van der Waals surface area (Å²) in [5, 5.41) is 0. The topological polar surface area (TPSA) is 26.3 Å². The number of ether oxygens (including phenoxy) is 1. The fraction of sp³-hybridized carbons (Fsp3) is 0.800. The van der Waals surface area contributed by atoms with Gasteiger partial charge in [0.15, 0.2) is 0 Å². The number of rotatable bonds is 2. The molecule has 0 saturated heterocycles. The summed E-state index contributed by atoms with van der Waals surface area (Å²) >= 11 is 0. The number of fused-ring (bicyclic) bond motifs is 2. The summed E-state index contributed by atoms with van der Waals surface area (Å²) in [5.41, 5.74) is -2.62. The van der Waals surface area contributed by atoms with Crippen molar-refractivity contribution in [1.82, 2.24) is 0 Å². The third-order valence-electron chi connectivity index (χ3n) is 6.15. The molecule has 0 radical (unpaired) electrons. The highest BCUT2D eigenvalue weighted by Crippen LogP contribution is 2.70. The number of hydrogen-bond donors (Lipinski definition) is 0. The zero-order valence-corrected chi connectivity index (χ0v) is 12.4. The molecule has 20 heavy (non-hydrogen) atoms. The fourth-order valence-corrected chi connectivity index (χ4v) is 4.13. The minimum absolute atomic E-state index is 0.0401. The van der Waals surface area contributed by atoms with E-state index in [0.717, 1.165) is 12.8 Å². The second-order valence-corrected chi connectivity index (χ2v) is 7.09. The number of esters is 1. The van der Waals surface area contributed by atoms with Crippen LogP contribution in [0.25, 0.3) is 0 Å². The molecule has 0 aromatic rings. The summed E-state index contributed by atoms with van der Waals surface area (Å²) in [4.78, 5) is 11.7. The molecular formula is C15H21F3O2. The molecule has 5 heteroatoms.